The smallest absolute Gasteiger partial charge is 0.231 e. The van der Waals surface area contributed by atoms with Crippen LogP contribution in [0.3, 0.4) is 0 Å². The highest BCUT2D eigenvalue weighted by molar-refractivity contribution is 5.44. The zero-order chi connectivity index (χ0) is 15.6. The summed E-state index contributed by atoms with van der Waals surface area (Å²) in [4.78, 5) is 0. The molecule has 4 nitrogen and oxygen atoms in total. The maximum absolute atomic E-state index is 6.09. The molecule has 0 saturated carbocycles. The lowest BCUT2D eigenvalue weighted by Crippen LogP contribution is -2.29. The Morgan fingerprint density at radius 2 is 2.05 bits per heavy atom. The highest BCUT2D eigenvalue weighted by Crippen LogP contribution is 2.40. The van der Waals surface area contributed by atoms with Crippen LogP contribution in [0.1, 0.15) is 45.6 Å². The van der Waals surface area contributed by atoms with Gasteiger partial charge in [-0.3, -0.25) is 0 Å². The van der Waals surface area contributed by atoms with Gasteiger partial charge in [0, 0.05) is 13.0 Å². The summed E-state index contributed by atoms with van der Waals surface area (Å²) in [7, 11) is 0. The highest BCUT2D eigenvalue weighted by atomic mass is 16.7. The van der Waals surface area contributed by atoms with Crippen molar-refractivity contribution in [3.63, 3.8) is 0 Å². The molecule has 2 unspecified atom stereocenters. The Morgan fingerprint density at radius 3 is 2.86 bits per heavy atom. The number of hydrogen-bond donors (Lipinski definition) is 0. The largest absolute Gasteiger partial charge is 0.454 e. The van der Waals surface area contributed by atoms with Gasteiger partial charge in [-0.1, -0.05) is 19.4 Å². The molecule has 0 aromatic heterocycles. The van der Waals surface area contributed by atoms with Gasteiger partial charge in [0.05, 0.1) is 5.60 Å². The molecule has 0 spiro atoms. The molecule has 1 aromatic rings. The van der Waals surface area contributed by atoms with Crippen LogP contribution in [-0.2, 0) is 15.9 Å². The molecule has 1 aromatic carbocycles. The Hall–Kier alpha value is -1.26. The predicted octanol–water partition coefficient (Wildman–Crippen LogP) is 3.92. The first-order valence-corrected chi connectivity index (χ1v) is 8.26. The van der Waals surface area contributed by atoms with E-state index in [1.807, 2.05) is 6.07 Å². The van der Waals surface area contributed by atoms with Gasteiger partial charge in [0.15, 0.2) is 17.8 Å². The third-order valence-electron chi connectivity index (χ3n) is 4.62. The van der Waals surface area contributed by atoms with Gasteiger partial charge < -0.3 is 18.9 Å². The number of unbranched alkanes of at least 4 members (excludes halogenated alkanes) is 1. The average molecular weight is 306 g/mol. The summed E-state index contributed by atoms with van der Waals surface area (Å²) < 4.78 is 22.8. The highest BCUT2D eigenvalue weighted by Gasteiger charge is 2.41. The van der Waals surface area contributed by atoms with Gasteiger partial charge in [-0.25, -0.2) is 0 Å². The molecule has 0 amide bonds. The van der Waals surface area contributed by atoms with Gasteiger partial charge >= 0.3 is 0 Å². The molecule has 1 saturated heterocycles. The monoisotopic (exact) mass is 306 g/mol. The molecule has 0 radical (unpaired) electrons. The zero-order valence-corrected chi connectivity index (χ0v) is 13.8. The molecular weight excluding hydrogens is 280 g/mol. The molecule has 1 fully saturated rings. The fourth-order valence-corrected chi connectivity index (χ4v) is 3.14. The SMILES string of the molecule is CCCCOC1CC(Cc2ccc3c(c2)OCO3)C(C)(C)O1. The topological polar surface area (TPSA) is 36.9 Å². The maximum Gasteiger partial charge on any atom is 0.231 e. The summed E-state index contributed by atoms with van der Waals surface area (Å²) in [5.41, 5.74) is 1.10. The summed E-state index contributed by atoms with van der Waals surface area (Å²) in [5.74, 6) is 2.14. The van der Waals surface area contributed by atoms with Gasteiger partial charge in [0.2, 0.25) is 6.79 Å². The van der Waals surface area contributed by atoms with Crippen LogP contribution in [-0.4, -0.2) is 25.3 Å². The first-order chi connectivity index (χ1) is 10.6. The fraction of sp³-hybridized carbons (Fsp3) is 0.667. The van der Waals surface area contributed by atoms with E-state index in [2.05, 4.69) is 32.9 Å². The van der Waals surface area contributed by atoms with E-state index in [-0.39, 0.29) is 11.9 Å². The van der Waals surface area contributed by atoms with Crippen LogP contribution in [0.5, 0.6) is 11.5 Å². The number of hydrogen-bond acceptors (Lipinski definition) is 4. The van der Waals surface area contributed by atoms with Crippen molar-refractivity contribution in [1.82, 2.24) is 0 Å². The van der Waals surface area contributed by atoms with Gasteiger partial charge in [0.1, 0.15) is 0 Å². The third-order valence-corrected chi connectivity index (χ3v) is 4.62. The van der Waals surface area contributed by atoms with Gasteiger partial charge in [-0.2, -0.15) is 0 Å². The zero-order valence-electron chi connectivity index (χ0n) is 13.8. The molecule has 2 aliphatic rings. The number of benzene rings is 1. The first kappa shape index (κ1) is 15.6. The number of ether oxygens (including phenoxy) is 4. The van der Waals surface area contributed by atoms with Crippen LogP contribution in [0, 0.1) is 5.92 Å². The Labute approximate surface area is 132 Å². The third kappa shape index (κ3) is 3.39. The second-order valence-electron chi connectivity index (χ2n) is 6.70. The standard InChI is InChI=1S/C18H26O4/c1-4-5-8-19-17-11-14(18(2,3)22-17)9-13-6-7-15-16(10-13)21-12-20-15/h6-7,10,14,17H,4-5,8-9,11-12H2,1-3H3. The summed E-state index contributed by atoms with van der Waals surface area (Å²) >= 11 is 0. The summed E-state index contributed by atoms with van der Waals surface area (Å²) in [6.07, 6.45) is 4.09. The number of fused-ring (bicyclic) bond motifs is 1. The molecular formula is C18H26O4. The quantitative estimate of drug-likeness (QED) is 0.747. The molecule has 4 heteroatoms. The van der Waals surface area contributed by atoms with Crippen molar-refractivity contribution in [1.29, 1.82) is 0 Å². The molecule has 0 bridgehead atoms. The minimum Gasteiger partial charge on any atom is -0.454 e. The molecule has 2 aliphatic heterocycles. The second-order valence-corrected chi connectivity index (χ2v) is 6.70. The molecule has 3 rings (SSSR count). The lowest BCUT2D eigenvalue weighted by Gasteiger charge is -2.25. The average Bonchev–Trinajstić information content (AvgIpc) is 3.03. The minimum absolute atomic E-state index is 0.0689. The van der Waals surface area contributed by atoms with Crippen LogP contribution >= 0.6 is 0 Å². The van der Waals surface area contributed by atoms with Crippen molar-refractivity contribution in [2.75, 3.05) is 13.4 Å². The molecule has 22 heavy (non-hydrogen) atoms. The Morgan fingerprint density at radius 1 is 1.23 bits per heavy atom. The lowest BCUT2D eigenvalue weighted by atomic mass is 9.85. The summed E-state index contributed by atoms with van der Waals surface area (Å²) in [5, 5.41) is 0. The van der Waals surface area contributed by atoms with E-state index >= 15 is 0 Å². The normalized spacial score (nSPS) is 25.6. The van der Waals surface area contributed by atoms with Crippen molar-refractivity contribution in [3.05, 3.63) is 23.8 Å². The summed E-state index contributed by atoms with van der Waals surface area (Å²) in [6, 6.07) is 6.20. The van der Waals surface area contributed by atoms with Crippen molar-refractivity contribution < 1.29 is 18.9 Å². The van der Waals surface area contributed by atoms with Crippen LogP contribution < -0.4 is 9.47 Å². The van der Waals surface area contributed by atoms with Gasteiger partial charge in [0.25, 0.3) is 0 Å². The van der Waals surface area contributed by atoms with Crippen LogP contribution in [0.15, 0.2) is 18.2 Å². The minimum atomic E-state index is -0.159. The summed E-state index contributed by atoms with van der Waals surface area (Å²) in [6.45, 7) is 7.60. The van der Waals surface area contributed by atoms with Crippen LogP contribution in [0.4, 0.5) is 0 Å². The fourth-order valence-electron chi connectivity index (χ4n) is 3.14. The lowest BCUT2D eigenvalue weighted by molar-refractivity contribution is -0.161. The van der Waals surface area contributed by atoms with Gasteiger partial charge in [-0.05, 0) is 50.3 Å². The van der Waals surface area contributed by atoms with Crippen molar-refractivity contribution in [2.24, 2.45) is 5.92 Å². The Balaban J connectivity index is 1.61. The molecule has 2 atom stereocenters. The predicted molar refractivity (Wildman–Crippen MR) is 84.2 cm³/mol. The van der Waals surface area contributed by atoms with E-state index in [0.29, 0.717) is 12.7 Å². The first-order valence-electron chi connectivity index (χ1n) is 8.26. The van der Waals surface area contributed by atoms with E-state index in [1.165, 1.54) is 5.56 Å². The van der Waals surface area contributed by atoms with E-state index in [9.17, 15) is 0 Å². The van der Waals surface area contributed by atoms with Crippen molar-refractivity contribution >= 4 is 0 Å². The molecule has 0 N–H and O–H groups in total. The van der Waals surface area contributed by atoms with E-state index in [4.69, 9.17) is 18.9 Å². The molecule has 2 heterocycles. The van der Waals surface area contributed by atoms with Gasteiger partial charge in [-0.15, -0.1) is 0 Å². The van der Waals surface area contributed by atoms with Crippen molar-refractivity contribution in [3.8, 4) is 11.5 Å². The Bertz CT molecular complexity index is 512. The Kier molecular flexibility index (Phi) is 4.59. The molecule has 0 aliphatic carbocycles. The molecule has 122 valence electrons. The van der Waals surface area contributed by atoms with E-state index in [1.54, 1.807) is 0 Å². The number of rotatable bonds is 6. The maximum atomic E-state index is 6.09. The van der Waals surface area contributed by atoms with E-state index in [0.717, 1.165) is 43.8 Å². The second kappa shape index (κ2) is 6.47. The van der Waals surface area contributed by atoms with Crippen molar-refractivity contribution in [2.45, 2.75) is 58.3 Å². The van der Waals surface area contributed by atoms with Crippen LogP contribution in [0.25, 0.3) is 0 Å². The van der Waals surface area contributed by atoms with E-state index < -0.39 is 0 Å². The van der Waals surface area contributed by atoms with Crippen LogP contribution in [0.2, 0.25) is 0 Å².